The maximum Gasteiger partial charge on any atom is 0.251 e. The summed E-state index contributed by atoms with van der Waals surface area (Å²) in [7, 11) is 0. The third-order valence-electron chi connectivity index (χ3n) is 4.73. The van der Waals surface area contributed by atoms with E-state index in [0.717, 1.165) is 24.2 Å². The van der Waals surface area contributed by atoms with Crippen LogP contribution in [0.4, 0.5) is 14.5 Å². The topological polar surface area (TPSA) is 78.5 Å². The van der Waals surface area contributed by atoms with Crippen molar-refractivity contribution in [3.05, 3.63) is 65.2 Å². The Morgan fingerprint density at radius 2 is 1.86 bits per heavy atom. The van der Waals surface area contributed by atoms with Crippen LogP contribution in [0, 0.1) is 11.6 Å². The molecule has 0 spiro atoms. The van der Waals surface area contributed by atoms with E-state index in [1.807, 2.05) is 0 Å². The van der Waals surface area contributed by atoms with Crippen LogP contribution >= 0.6 is 0 Å². The van der Waals surface area contributed by atoms with Gasteiger partial charge in [0, 0.05) is 35.8 Å². The number of nitrogens with one attached hydrogen (secondary N) is 2. The lowest BCUT2D eigenvalue weighted by molar-refractivity contribution is -0.120. The summed E-state index contributed by atoms with van der Waals surface area (Å²) in [6, 6.07) is 9.00. The van der Waals surface area contributed by atoms with Crippen molar-refractivity contribution in [1.29, 1.82) is 0 Å². The molecule has 2 N–H and O–H groups in total. The quantitative estimate of drug-likeness (QED) is 0.781. The second-order valence-corrected chi connectivity index (χ2v) is 6.83. The standard InChI is InChI=1S/C21H21F2N3O3/c1-13(17-9-6-15(22)11-18(17)23)25-19(27)12-24-21(29)14-4-7-16(8-5-14)26-10-2-3-20(26)28/h4-9,11,13H,2-3,10,12H2,1H3,(H,24,29)(H,25,27)/t13-/m1/s1. The SMILES string of the molecule is C[C@@H](NC(=O)CNC(=O)c1ccc(N2CCCC2=O)cc1)c1ccc(F)cc1F. The molecule has 1 atom stereocenters. The van der Waals surface area contributed by atoms with Gasteiger partial charge in [-0.1, -0.05) is 6.07 Å². The lowest BCUT2D eigenvalue weighted by atomic mass is 10.1. The highest BCUT2D eigenvalue weighted by Crippen LogP contribution is 2.21. The Balaban J connectivity index is 1.52. The third kappa shape index (κ3) is 4.96. The summed E-state index contributed by atoms with van der Waals surface area (Å²) in [5, 5.41) is 5.05. The fraction of sp³-hybridized carbons (Fsp3) is 0.286. The lowest BCUT2D eigenvalue weighted by Crippen LogP contribution is -2.38. The summed E-state index contributed by atoms with van der Waals surface area (Å²) in [5.41, 5.74) is 1.24. The first-order chi connectivity index (χ1) is 13.8. The molecular formula is C21H21F2N3O3. The van der Waals surface area contributed by atoms with E-state index in [-0.39, 0.29) is 18.0 Å². The van der Waals surface area contributed by atoms with Crippen molar-refractivity contribution in [2.45, 2.75) is 25.8 Å². The number of benzene rings is 2. The van der Waals surface area contributed by atoms with Gasteiger partial charge < -0.3 is 15.5 Å². The van der Waals surface area contributed by atoms with Crippen LogP contribution in [0.5, 0.6) is 0 Å². The second-order valence-electron chi connectivity index (χ2n) is 6.83. The van der Waals surface area contributed by atoms with Gasteiger partial charge in [-0.3, -0.25) is 14.4 Å². The predicted molar refractivity (Wildman–Crippen MR) is 103 cm³/mol. The number of carbonyl (C=O) groups is 3. The minimum absolute atomic E-state index is 0.0607. The number of hydrogen-bond acceptors (Lipinski definition) is 3. The zero-order valence-corrected chi connectivity index (χ0v) is 15.9. The molecule has 2 aromatic rings. The molecule has 0 saturated carbocycles. The maximum atomic E-state index is 13.8. The summed E-state index contributed by atoms with van der Waals surface area (Å²) in [4.78, 5) is 37.7. The Bertz CT molecular complexity index is 931. The smallest absolute Gasteiger partial charge is 0.251 e. The molecule has 3 rings (SSSR count). The molecule has 0 aromatic heterocycles. The van der Waals surface area contributed by atoms with Crippen molar-refractivity contribution < 1.29 is 23.2 Å². The van der Waals surface area contributed by atoms with Gasteiger partial charge in [0.1, 0.15) is 11.6 Å². The first-order valence-corrected chi connectivity index (χ1v) is 9.28. The van der Waals surface area contributed by atoms with Gasteiger partial charge in [0.05, 0.1) is 12.6 Å². The second kappa shape index (κ2) is 8.81. The van der Waals surface area contributed by atoms with E-state index >= 15 is 0 Å². The van der Waals surface area contributed by atoms with E-state index < -0.39 is 29.5 Å². The normalized spacial score (nSPS) is 14.6. The van der Waals surface area contributed by atoms with Crippen LogP contribution in [-0.2, 0) is 9.59 Å². The molecule has 29 heavy (non-hydrogen) atoms. The van der Waals surface area contributed by atoms with E-state index in [1.54, 1.807) is 36.1 Å². The van der Waals surface area contributed by atoms with E-state index in [4.69, 9.17) is 0 Å². The Hall–Kier alpha value is -3.29. The largest absolute Gasteiger partial charge is 0.348 e. The highest BCUT2D eigenvalue weighted by Gasteiger charge is 2.22. The number of hydrogen-bond donors (Lipinski definition) is 2. The van der Waals surface area contributed by atoms with Gasteiger partial charge in [0.15, 0.2) is 0 Å². The molecule has 1 aliphatic heterocycles. The molecule has 2 aromatic carbocycles. The van der Waals surface area contributed by atoms with Gasteiger partial charge in [-0.2, -0.15) is 0 Å². The number of anilines is 1. The first-order valence-electron chi connectivity index (χ1n) is 9.28. The lowest BCUT2D eigenvalue weighted by Gasteiger charge is -2.16. The third-order valence-corrected chi connectivity index (χ3v) is 4.73. The predicted octanol–water partition coefficient (Wildman–Crippen LogP) is 2.70. The minimum atomic E-state index is -0.751. The van der Waals surface area contributed by atoms with Crippen molar-refractivity contribution >= 4 is 23.4 Å². The van der Waals surface area contributed by atoms with Crippen LogP contribution in [0.2, 0.25) is 0 Å². The zero-order chi connectivity index (χ0) is 21.0. The number of amides is 3. The average Bonchev–Trinajstić information content (AvgIpc) is 3.12. The minimum Gasteiger partial charge on any atom is -0.348 e. The Kier molecular flexibility index (Phi) is 6.21. The number of carbonyl (C=O) groups excluding carboxylic acids is 3. The van der Waals surface area contributed by atoms with Crippen molar-refractivity contribution in [2.24, 2.45) is 0 Å². The molecular weight excluding hydrogens is 380 g/mol. The molecule has 1 fully saturated rings. The maximum absolute atomic E-state index is 13.8. The highest BCUT2D eigenvalue weighted by molar-refractivity contribution is 5.98. The van der Waals surface area contributed by atoms with Crippen LogP contribution < -0.4 is 15.5 Å². The van der Waals surface area contributed by atoms with E-state index in [9.17, 15) is 23.2 Å². The molecule has 1 saturated heterocycles. The molecule has 0 radical (unpaired) electrons. The van der Waals surface area contributed by atoms with Crippen LogP contribution in [-0.4, -0.2) is 30.8 Å². The summed E-state index contributed by atoms with van der Waals surface area (Å²) in [6.07, 6.45) is 1.34. The van der Waals surface area contributed by atoms with Crippen molar-refractivity contribution in [1.82, 2.24) is 10.6 Å². The first kappa shape index (κ1) is 20.4. The fourth-order valence-corrected chi connectivity index (χ4v) is 3.20. The average molecular weight is 401 g/mol. The molecule has 1 heterocycles. The van der Waals surface area contributed by atoms with Crippen molar-refractivity contribution in [3.63, 3.8) is 0 Å². The van der Waals surface area contributed by atoms with Crippen LogP contribution in [0.1, 0.15) is 41.7 Å². The Morgan fingerprint density at radius 3 is 2.48 bits per heavy atom. The van der Waals surface area contributed by atoms with E-state index in [0.29, 0.717) is 18.5 Å². The number of rotatable bonds is 6. The van der Waals surface area contributed by atoms with Gasteiger partial charge in [-0.05, 0) is 43.7 Å². The molecule has 0 bridgehead atoms. The zero-order valence-electron chi connectivity index (χ0n) is 15.9. The summed E-state index contributed by atoms with van der Waals surface area (Å²) in [5.74, 6) is -2.34. The van der Waals surface area contributed by atoms with E-state index in [2.05, 4.69) is 10.6 Å². The van der Waals surface area contributed by atoms with Crippen molar-refractivity contribution in [3.8, 4) is 0 Å². The summed E-state index contributed by atoms with van der Waals surface area (Å²) in [6.45, 7) is 1.93. The molecule has 152 valence electrons. The van der Waals surface area contributed by atoms with Gasteiger partial charge in [-0.15, -0.1) is 0 Å². The van der Waals surface area contributed by atoms with E-state index in [1.165, 1.54) is 6.07 Å². The number of nitrogens with zero attached hydrogens (tertiary/aromatic N) is 1. The molecule has 0 aliphatic carbocycles. The highest BCUT2D eigenvalue weighted by atomic mass is 19.1. The van der Waals surface area contributed by atoms with Gasteiger partial charge in [0.25, 0.3) is 5.91 Å². The van der Waals surface area contributed by atoms with Gasteiger partial charge >= 0.3 is 0 Å². The molecule has 3 amide bonds. The van der Waals surface area contributed by atoms with Crippen LogP contribution in [0.3, 0.4) is 0 Å². The monoisotopic (exact) mass is 401 g/mol. The number of halogens is 2. The van der Waals surface area contributed by atoms with Gasteiger partial charge in [-0.25, -0.2) is 8.78 Å². The van der Waals surface area contributed by atoms with Crippen LogP contribution in [0.15, 0.2) is 42.5 Å². The Morgan fingerprint density at radius 1 is 1.14 bits per heavy atom. The molecule has 6 nitrogen and oxygen atoms in total. The molecule has 0 unspecified atom stereocenters. The molecule has 1 aliphatic rings. The Labute approximate surface area is 166 Å². The summed E-state index contributed by atoms with van der Waals surface area (Å²) < 4.78 is 26.8. The molecule has 8 heteroatoms. The van der Waals surface area contributed by atoms with Crippen LogP contribution in [0.25, 0.3) is 0 Å². The fourth-order valence-electron chi connectivity index (χ4n) is 3.20. The van der Waals surface area contributed by atoms with Crippen molar-refractivity contribution in [2.75, 3.05) is 18.0 Å². The summed E-state index contributed by atoms with van der Waals surface area (Å²) >= 11 is 0. The van der Waals surface area contributed by atoms with Gasteiger partial charge in [0.2, 0.25) is 11.8 Å².